The molecule has 0 aromatic carbocycles. The summed E-state index contributed by atoms with van der Waals surface area (Å²) >= 11 is 1.28. The molecule has 0 unspecified atom stereocenters. The van der Waals surface area contributed by atoms with Crippen molar-refractivity contribution in [2.45, 2.75) is 10.9 Å². The van der Waals surface area contributed by atoms with Gasteiger partial charge in [-0.3, -0.25) is 4.57 Å². The Labute approximate surface area is 99.4 Å². The molecular formula is C9H9N3O4S. The van der Waals surface area contributed by atoms with Crippen molar-refractivity contribution in [1.29, 1.82) is 0 Å². The summed E-state index contributed by atoms with van der Waals surface area (Å²) in [6.45, 7) is 0. The lowest BCUT2D eigenvalue weighted by Gasteiger charge is -1.96. The molecule has 0 saturated carbocycles. The van der Waals surface area contributed by atoms with Crippen molar-refractivity contribution in [3.05, 3.63) is 34.1 Å². The number of aromatic amines is 1. The van der Waals surface area contributed by atoms with Crippen molar-refractivity contribution in [3.8, 4) is 0 Å². The van der Waals surface area contributed by atoms with Gasteiger partial charge >= 0.3 is 11.7 Å². The molecule has 0 saturated heterocycles. The normalized spacial score (nSPS) is 10.6. The number of H-pyrrole nitrogens is 1. The quantitative estimate of drug-likeness (QED) is 0.779. The molecule has 0 amide bonds. The molecule has 8 heteroatoms. The van der Waals surface area contributed by atoms with E-state index in [2.05, 4.69) is 10.2 Å². The molecule has 90 valence electrons. The van der Waals surface area contributed by atoms with E-state index in [1.807, 2.05) is 0 Å². The van der Waals surface area contributed by atoms with Crippen LogP contribution in [0.2, 0.25) is 0 Å². The first kappa shape index (κ1) is 11.5. The van der Waals surface area contributed by atoms with Gasteiger partial charge in [-0.2, -0.15) is 0 Å². The largest absolute Gasteiger partial charge is 0.478 e. The molecule has 2 rings (SSSR count). The molecule has 0 fully saturated rings. The fraction of sp³-hybridized carbons (Fsp3) is 0.222. The Morgan fingerprint density at radius 2 is 2.47 bits per heavy atom. The minimum Gasteiger partial charge on any atom is -0.478 e. The third-order valence-electron chi connectivity index (χ3n) is 2.08. The number of aromatic carboxylic acids is 1. The fourth-order valence-electron chi connectivity index (χ4n) is 1.17. The first-order valence-corrected chi connectivity index (χ1v) is 5.61. The highest BCUT2D eigenvalue weighted by Crippen LogP contribution is 2.20. The van der Waals surface area contributed by atoms with E-state index in [0.29, 0.717) is 16.7 Å². The minimum absolute atomic E-state index is 0.108. The zero-order chi connectivity index (χ0) is 12.4. The Hall–Kier alpha value is -1.96. The van der Waals surface area contributed by atoms with Crippen molar-refractivity contribution in [2.24, 2.45) is 7.05 Å². The Kier molecular flexibility index (Phi) is 3.05. The summed E-state index contributed by atoms with van der Waals surface area (Å²) in [5, 5.41) is 15.3. The first-order chi connectivity index (χ1) is 8.08. The van der Waals surface area contributed by atoms with Gasteiger partial charge in [0.2, 0.25) is 0 Å². The number of rotatable bonds is 4. The number of thioether (sulfide) groups is 1. The third-order valence-corrected chi connectivity index (χ3v) is 3.14. The summed E-state index contributed by atoms with van der Waals surface area (Å²) in [5.41, 5.74) is -0.185. The van der Waals surface area contributed by atoms with Crippen LogP contribution in [0, 0.1) is 0 Å². The highest BCUT2D eigenvalue weighted by Gasteiger charge is 2.10. The van der Waals surface area contributed by atoms with E-state index in [1.54, 1.807) is 7.05 Å². The van der Waals surface area contributed by atoms with Gasteiger partial charge in [-0.15, -0.1) is 5.10 Å². The molecule has 0 aliphatic heterocycles. The standard InChI is InChI=1S/C9H9N3O4S/c1-12-8(15)10-11-9(12)17-4-6-2-5(3-16-6)7(13)14/h2-3H,4H2,1H3,(H,10,15)(H,13,14). The van der Waals surface area contributed by atoms with Gasteiger partial charge in [0.1, 0.15) is 12.0 Å². The molecule has 0 spiro atoms. The lowest BCUT2D eigenvalue weighted by molar-refractivity contribution is 0.0696. The summed E-state index contributed by atoms with van der Waals surface area (Å²) in [6.07, 6.45) is 1.18. The van der Waals surface area contributed by atoms with Gasteiger partial charge in [0, 0.05) is 7.05 Å². The number of carboxylic acid groups (broad SMARTS) is 1. The van der Waals surface area contributed by atoms with Crippen LogP contribution in [0.5, 0.6) is 0 Å². The van der Waals surface area contributed by atoms with Crippen LogP contribution in [-0.2, 0) is 12.8 Å². The number of nitrogens with one attached hydrogen (secondary N) is 1. The van der Waals surface area contributed by atoms with Gasteiger partial charge in [0.05, 0.1) is 11.3 Å². The lowest BCUT2D eigenvalue weighted by atomic mass is 10.3. The van der Waals surface area contributed by atoms with Crippen molar-refractivity contribution < 1.29 is 14.3 Å². The molecule has 2 aromatic heterocycles. The maximum absolute atomic E-state index is 11.1. The second kappa shape index (κ2) is 4.50. The second-order valence-electron chi connectivity index (χ2n) is 3.27. The molecule has 17 heavy (non-hydrogen) atoms. The van der Waals surface area contributed by atoms with Crippen molar-refractivity contribution >= 4 is 17.7 Å². The topological polar surface area (TPSA) is 101 Å². The number of carbonyl (C=O) groups is 1. The molecule has 7 nitrogen and oxygen atoms in total. The van der Waals surface area contributed by atoms with E-state index in [1.165, 1.54) is 28.7 Å². The van der Waals surface area contributed by atoms with Crippen LogP contribution in [0.3, 0.4) is 0 Å². The van der Waals surface area contributed by atoms with Crippen LogP contribution in [0.1, 0.15) is 16.1 Å². The molecule has 0 aliphatic carbocycles. The zero-order valence-electron chi connectivity index (χ0n) is 8.84. The molecular weight excluding hydrogens is 246 g/mol. The maximum atomic E-state index is 11.1. The number of nitrogens with zero attached hydrogens (tertiary/aromatic N) is 2. The number of carboxylic acids is 1. The number of furan rings is 1. The van der Waals surface area contributed by atoms with Gasteiger partial charge in [-0.25, -0.2) is 14.7 Å². The van der Waals surface area contributed by atoms with Gasteiger partial charge in [-0.05, 0) is 6.07 Å². The summed E-state index contributed by atoms with van der Waals surface area (Å²) in [6, 6.07) is 1.44. The van der Waals surface area contributed by atoms with Crippen molar-refractivity contribution in [1.82, 2.24) is 14.8 Å². The highest BCUT2D eigenvalue weighted by atomic mass is 32.2. The molecule has 0 aliphatic rings. The van der Waals surface area contributed by atoms with Gasteiger partial charge < -0.3 is 9.52 Å². The van der Waals surface area contributed by atoms with Crippen LogP contribution in [0.15, 0.2) is 26.7 Å². The summed E-state index contributed by atoms with van der Waals surface area (Å²) in [4.78, 5) is 21.7. The molecule has 0 atom stereocenters. The molecule has 0 radical (unpaired) electrons. The molecule has 0 bridgehead atoms. The predicted molar refractivity (Wildman–Crippen MR) is 59.1 cm³/mol. The number of aromatic nitrogens is 3. The van der Waals surface area contributed by atoms with Gasteiger partial charge in [0.25, 0.3) is 0 Å². The molecule has 2 aromatic rings. The van der Waals surface area contributed by atoms with E-state index in [-0.39, 0.29) is 11.3 Å². The summed E-state index contributed by atoms with van der Waals surface area (Å²) in [5.74, 6) is -0.106. The van der Waals surface area contributed by atoms with Crippen LogP contribution < -0.4 is 5.69 Å². The lowest BCUT2D eigenvalue weighted by Crippen LogP contribution is -2.12. The van der Waals surface area contributed by atoms with E-state index in [0.717, 1.165) is 0 Å². The highest BCUT2D eigenvalue weighted by molar-refractivity contribution is 7.98. The predicted octanol–water partition coefficient (Wildman–Crippen LogP) is 0.692. The van der Waals surface area contributed by atoms with E-state index >= 15 is 0 Å². The Balaban J connectivity index is 2.05. The Morgan fingerprint density at radius 1 is 1.71 bits per heavy atom. The number of hydrogen-bond donors (Lipinski definition) is 2. The SMILES string of the molecule is Cn1c(SCc2cc(C(=O)O)co2)n[nH]c1=O. The molecule has 2 N–H and O–H groups in total. The average molecular weight is 255 g/mol. The summed E-state index contributed by atoms with van der Waals surface area (Å²) < 4.78 is 6.43. The van der Waals surface area contributed by atoms with Crippen molar-refractivity contribution in [2.75, 3.05) is 0 Å². The molecule has 2 heterocycles. The monoisotopic (exact) mass is 255 g/mol. The zero-order valence-corrected chi connectivity index (χ0v) is 9.65. The van der Waals surface area contributed by atoms with Crippen molar-refractivity contribution in [3.63, 3.8) is 0 Å². The van der Waals surface area contributed by atoms with Crippen LogP contribution in [0.4, 0.5) is 0 Å². The first-order valence-electron chi connectivity index (χ1n) is 4.63. The van der Waals surface area contributed by atoms with E-state index in [9.17, 15) is 9.59 Å². The van der Waals surface area contributed by atoms with Crippen LogP contribution in [0.25, 0.3) is 0 Å². The Bertz CT molecular complexity index is 597. The summed E-state index contributed by atoms with van der Waals surface area (Å²) in [7, 11) is 1.60. The average Bonchev–Trinajstić information content (AvgIpc) is 2.86. The smallest absolute Gasteiger partial charge is 0.343 e. The fourth-order valence-corrected chi connectivity index (χ4v) is 1.98. The maximum Gasteiger partial charge on any atom is 0.343 e. The van der Waals surface area contributed by atoms with E-state index in [4.69, 9.17) is 9.52 Å². The minimum atomic E-state index is -1.03. The third kappa shape index (κ3) is 2.41. The number of hydrogen-bond acceptors (Lipinski definition) is 5. The Morgan fingerprint density at radius 3 is 3.00 bits per heavy atom. The van der Waals surface area contributed by atoms with Crippen LogP contribution >= 0.6 is 11.8 Å². The van der Waals surface area contributed by atoms with Crippen LogP contribution in [-0.4, -0.2) is 25.8 Å². The van der Waals surface area contributed by atoms with Gasteiger partial charge in [-0.1, -0.05) is 11.8 Å². The van der Waals surface area contributed by atoms with Gasteiger partial charge in [0.15, 0.2) is 5.16 Å². The van der Waals surface area contributed by atoms with E-state index < -0.39 is 5.97 Å². The second-order valence-corrected chi connectivity index (χ2v) is 4.21.